The molecule has 0 bridgehead atoms. The second-order valence-corrected chi connectivity index (χ2v) is 18.6. The number of hydrogen-bond acceptors (Lipinski definition) is 11. The molecule has 2 aromatic heterocycles. The van der Waals surface area contributed by atoms with Crippen LogP contribution < -0.4 is 15.7 Å². The van der Waals surface area contributed by atoms with E-state index in [4.69, 9.17) is 23.4 Å². The van der Waals surface area contributed by atoms with Gasteiger partial charge in [-0.15, -0.1) is 0 Å². The van der Waals surface area contributed by atoms with Gasteiger partial charge in [-0.05, 0) is 39.7 Å². The number of aromatic nitrogens is 4. The number of rotatable bonds is 14. The largest absolute Gasteiger partial charge is 0.435 e. The first-order valence-corrected chi connectivity index (χ1v) is 20.1. The molecule has 2 N–H and O–H groups in total. The SMILES string of the molecule is CC(C)(C)[Si](OC[C@H]1O[C@@H](n2cnc3c(NC(=O)c4ccccc4)ncnc32)[C@H](O)[C@@H]1OCOCOC(=O)c1ccccc1)(c1ccccc1)c1ccccc1. The number of carbonyl (C=O) groups is 2. The lowest BCUT2D eigenvalue weighted by molar-refractivity contribution is -0.159. The van der Waals surface area contributed by atoms with E-state index < -0.39 is 38.8 Å². The minimum absolute atomic E-state index is 0.0501. The van der Waals surface area contributed by atoms with E-state index in [1.807, 2.05) is 42.5 Å². The van der Waals surface area contributed by atoms with Crippen molar-refractivity contribution in [2.24, 2.45) is 0 Å². The predicted octanol–water partition coefficient (Wildman–Crippen LogP) is 5.09. The average Bonchev–Trinajstić information content (AvgIpc) is 3.79. The smallest absolute Gasteiger partial charge is 0.340 e. The van der Waals surface area contributed by atoms with E-state index in [-0.39, 0.29) is 37.0 Å². The van der Waals surface area contributed by atoms with Gasteiger partial charge in [0.2, 0.25) is 0 Å². The van der Waals surface area contributed by atoms with Crippen LogP contribution in [0.5, 0.6) is 0 Å². The molecule has 1 aliphatic heterocycles. The number of ether oxygens (including phenoxy) is 4. The fraction of sp³-hybridized carbons (Fsp3) is 0.262. The Morgan fingerprint density at radius 1 is 0.804 bits per heavy atom. The number of aliphatic hydroxyl groups is 1. The lowest BCUT2D eigenvalue weighted by atomic mass is 10.1. The maximum atomic E-state index is 13.0. The molecule has 13 nitrogen and oxygen atoms in total. The first kappa shape index (κ1) is 38.7. The van der Waals surface area contributed by atoms with Gasteiger partial charge in [0, 0.05) is 5.56 Å². The van der Waals surface area contributed by atoms with Crippen LogP contribution >= 0.6 is 0 Å². The van der Waals surface area contributed by atoms with Crippen LogP contribution in [0.4, 0.5) is 5.82 Å². The standard InChI is InChI=1S/C42H43N5O8Si/c1-42(2,3)56(31-20-12-6-13-21-31,32-22-14-7-15-23-32)54-24-33-36(52-27-51-28-53-41(50)30-18-10-5-11-19-30)35(48)40(55-33)47-26-45-34-37(43-25-44-38(34)47)46-39(49)29-16-8-4-9-17-29/h4-23,25-26,33,35-36,40,48H,24,27-28H2,1-3H3,(H,43,44,46,49)/t33-,35-,36-,40-/m1/s1. The summed E-state index contributed by atoms with van der Waals surface area (Å²) in [4.78, 5) is 38.7. The van der Waals surface area contributed by atoms with Gasteiger partial charge < -0.3 is 33.8 Å². The molecule has 0 aliphatic carbocycles. The highest BCUT2D eigenvalue weighted by atomic mass is 28.4. The molecule has 56 heavy (non-hydrogen) atoms. The lowest BCUT2D eigenvalue weighted by Gasteiger charge is -2.43. The third kappa shape index (κ3) is 8.02. The number of imidazole rings is 1. The maximum Gasteiger partial charge on any atom is 0.340 e. The Balaban J connectivity index is 1.16. The predicted molar refractivity (Wildman–Crippen MR) is 211 cm³/mol. The Kier molecular flexibility index (Phi) is 11.8. The van der Waals surface area contributed by atoms with E-state index in [0.29, 0.717) is 22.3 Å². The number of nitrogens with one attached hydrogen (secondary N) is 1. The van der Waals surface area contributed by atoms with Gasteiger partial charge in [-0.1, -0.05) is 118 Å². The molecule has 0 unspecified atom stereocenters. The third-order valence-corrected chi connectivity index (χ3v) is 14.7. The van der Waals surface area contributed by atoms with Gasteiger partial charge in [-0.25, -0.2) is 19.7 Å². The molecule has 1 fully saturated rings. The van der Waals surface area contributed by atoms with Gasteiger partial charge in [-0.2, -0.15) is 0 Å². The van der Waals surface area contributed by atoms with Crippen LogP contribution in [0.25, 0.3) is 11.2 Å². The molecule has 14 heteroatoms. The van der Waals surface area contributed by atoms with Crippen LogP contribution in [0, 0.1) is 0 Å². The molecule has 6 aromatic rings. The second kappa shape index (κ2) is 17.0. The minimum atomic E-state index is -3.03. The van der Waals surface area contributed by atoms with E-state index in [9.17, 15) is 14.7 Å². The molecule has 7 rings (SSSR count). The number of benzene rings is 4. The summed E-state index contributed by atoms with van der Waals surface area (Å²) in [6.45, 7) is 5.89. The van der Waals surface area contributed by atoms with Gasteiger partial charge in [0.05, 0.1) is 18.5 Å². The summed E-state index contributed by atoms with van der Waals surface area (Å²) in [5, 5.41) is 16.6. The van der Waals surface area contributed by atoms with E-state index in [1.54, 1.807) is 59.2 Å². The maximum absolute atomic E-state index is 13.0. The second-order valence-electron chi connectivity index (χ2n) is 14.3. The number of fused-ring (bicyclic) bond motifs is 1. The zero-order chi connectivity index (χ0) is 39.1. The Hall–Kier alpha value is -5.61. The third-order valence-electron chi connectivity index (χ3n) is 9.72. The minimum Gasteiger partial charge on any atom is -0.435 e. The summed E-state index contributed by atoms with van der Waals surface area (Å²) in [7, 11) is -3.03. The zero-order valence-corrected chi connectivity index (χ0v) is 32.2. The van der Waals surface area contributed by atoms with E-state index in [1.165, 1.54) is 12.7 Å². The van der Waals surface area contributed by atoms with Gasteiger partial charge in [0.25, 0.3) is 14.2 Å². The first-order valence-electron chi connectivity index (χ1n) is 18.2. The van der Waals surface area contributed by atoms with Crippen molar-refractivity contribution in [3.63, 3.8) is 0 Å². The van der Waals surface area contributed by atoms with E-state index in [2.05, 4.69) is 65.3 Å². The Morgan fingerprint density at radius 3 is 2.00 bits per heavy atom. The van der Waals surface area contributed by atoms with Crippen LogP contribution in [-0.2, 0) is 23.4 Å². The highest BCUT2D eigenvalue weighted by molar-refractivity contribution is 6.99. The van der Waals surface area contributed by atoms with E-state index >= 15 is 0 Å². The summed E-state index contributed by atoms with van der Waals surface area (Å²) in [5.74, 6) is -0.701. The van der Waals surface area contributed by atoms with Crippen LogP contribution in [0.1, 0.15) is 47.7 Å². The highest BCUT2D eigenvalue weighted by Gasteiger charge is 2.53. The van der Waals surface area contributed by atoms with Crippen LogP contribution in [0.3, 0.4) is 0 Å². The summed E-state index contributed by atoms with van der Waals surface area (Å²) in [6.07, 6.45) is -1.25. The molecule has 288 valence electrons. The van der Waals surface area contributed by atoms with Gasteiger partial charge in [-0.3, -0.25) is 9.36 Å². The highest BCUT2D eigenvalue weighted by Crippen LogP contribution is 2.39. The van der Waals surface area contributed by atoms with Crippen LogP contribution in [0.2, 0.25) is 5.04 Å². The molecule has 0 radical (unpaired) electrons. The topological polar surface area (TPSA) is 156 Å². The molecule has 1 aliphatic rings. The Labute approximate surface area is 325 Å². The van der Waals surface area contributed by atoms with Crippen LogP contribution in [0.15, 0.2) is 134 Å². The summed E-state index contributed by atoms with van der Waals surface area (Å²) >= 11 is 0. The number of nitrogens with zero attached hydrogens (tertiary/aromatic N) is 4. The van der Waals surface area contributed by atoms with Crippen molar-refractivity contribution in [2.45, 2.75) is 50.3 Å². The number of hydrogen-bond donors (Lipinski definition) is 2. The zero-order valence-electron chi connectivity index (χ0n) is 31.2. The molecule has 1 saturated heterocycles. The quantitative estimate of drug-likeness (QED) is 0.0659. The molecule has 3 heterocycles. The van der Waals surface area contributed by atoms with Gasteiger partial charge >= 0.3 is 5.97 Å². The average molecular weight is 774 g/mol. The van der Waals surface area contributed by atoms with E-state index in [0.717, 1.165) is 10.4 Å². The van der Waals surface area contributed by atoms with Crippen molar-refractivity contribution in [3.8, 4) is 0 Å². The lowest BCUT2D eigenvalue weighted by Crippen LogP contribution is -2.67. The van der Waals surface area contributed by atoms with Gasteiger partial charge in [0.15, 0.2) is 36.8 Å². The molecule has 0 spiro atoms. The first-order chi connectivity index (χ1) is 27.2. The fourth-order valence-corrected chi connectivity index (χ4v) is 11.6. The van der Waals surface area contributed by atoms with Crippen molar-refractivity contribution in [3.05, 3.63) is 145 Å². The molecule has 4 aromatic carbocycles. The summed E-state index contributed by atoms with van der Waals surface area (Å²) in [6, 6.07) is 37.7. The Morgan fingerprint density at radius 2 is 1.39 bits per heavy atom. The summed E-state index contributed by atoms with van der Waals surface area (Å²) < 4.78 is 32.4. The number of esters is 1. The normalized spacial score (nSPS) is 18.5. The molecular formula is C42H43N5O8Si. The van der Waals surface area contributed by atoms with Crippen molar-refractivity contribution in [2.75, 3.05) is 25.5 Å². The fourth-order valence-electron chi connectivity index (χ4n) is 7.07. The number of carbonyl (C=O) groups excluding carboxylic acids is 2. The van der Waals surface area contributed by atoms with Crippen molar-refractivity contribution in [1.29, 1.82) is 0 Å². The van der Waals surface area contributed by atoms with Crippen LogP contribution in [-0.4, -0.2) is 83.3 Å². The molecule has 1 amide bonds. The number of anilines is 1. The molecule has 0 saturated carbocycles. The van der Waals surface area contributed by atoms with Crippen molar-refractivity contribution in [1.82, 2.24) is 19.5 Å². The molecule has 4 atom stereocenters. The monoisotopic (exact) mass is 773 g/mol. The van der Waals surface area contributed by atoms with Crippen molar-refractivity contribution >= 4 is 47.5 Å². The Bertz CT molecular complexity index is 2180. The summed E-state index contributed by atoms with van der Waals surface area (Å²) in [5.41, 5.74) is 1.47. The van der Waals surface area contributed by atoms with Crippen molar-refractivity contribution < 1.29 is 38.1 Å². The molecular weight excluding hydrogens is 731 g/mol. The number of aliphatic hydroxyl groups excluding tert-OH is 1. The van der Waals surface area contributed by atoms with Gasteiger partial charge in [0.1, 0.15) is 24.6 Å². The number of amides is 1.